The summed E-state index contributed by atoms with van der Waals surface area (Å²) in [6.07, 6.45) is 3.98. The lowest BCUT2D eigenvalue weighted by molar-refractivity contribution is 0.311. The minimum absolute atomic E-state index is 0.0843. The summed E-state index contributed by atoms with van der Waals surface area (Å²) in [5.74, 6) is 0. The van der Waals surface area contributed by atoms with E-state index in [9.17, 15) is 0 Å². The van der Waals surface area contributed by atoms with Crippen molar-refractivity contribution in [3.63, 3.8) is 0 Å². The van der Waals surface area contributed by atoms with Crippen molar-refractivity contribution in [3.8, 4) is 0 Å². The number of nitrogens with zero attached hydrogens (tertiary/aromatic N) is 3. The highest BCUT2D eigenvalue weighted by atomic mass is 32.1. The lowest BCUT2D eigenvalue weighted by atomic mass is 10.0. The molecule has 1 aliphatic heterocycles. The topological polar surface area (TPSA) is 33.1 Å². The smallest absolute Gasteiger partial charge is 0.170 e. The van der Waals surface area contributed by atoms with Gasteiger partial charge < -0.3 is 14.8 Å². The van der Waals surface area contributed by atoms with Crippen LogP contribution in [0.2, 0.25) is 0 Å². The Hall–Kier alpha value is -1.88. The lowest BCUT2D eigenvalue weighted by Crippen LogP contribution is -2.30. The third-order valence-electron chi connectivity index (χ3n) is 4.21. The van der Waals surface area contributed by atoms with Gasteiger partial charge in [0.15, 0.2) is 5.11 Å². The summed E-state index contributed by atoms with van der Waals surface area (Å²) in [5.41, 5.74) is 2.31. The molecule has 0 aliphatic carbocycles. The molecule has 1 saturated heterocycles. The van der Waals surface area contributed by atoms with Gasteiger partial charge in [0.2, 0.25) is 0 Å². The Kier molecular flexibility index (Phi) is 4.16. The molecule has 22 heavy (non-hydrogen) atoms. The van der Waals surface area contributed by atoms with E-state index in [0.717, 1.165) is 17.4 Å². The molecule has 0 unspecified atom stereocenters. The summed E-state index contributed by atoms with van der Waals surface area (Å²) in [7, 11) is 0. The van der Waals surface area contributed by atoms with Crippen LogP contribution in [0.25, 0.3) is 0 Å². The molecule has 3 heterocycles. The third kappa shape index (κ3) is 2.50. The van der Waals surface area contributed by atoms with Gasteiger partial charge in [-0.3, -0.25) is 4.98 Å². The van der Waals surface area contributed by atoms with Crippen LogP contribution in [-0.2, 0) is 0 Å². The van der Waals surface area contributed by atoms with Gasteiger partial charge in [-0.05, 0) is 57.3 Å². The van der Waals surface area contributed by atoms with Gasteiger partial charge in [0.05, 0.1) is 17.8 Å². The molecular formula is C17H22N4S. The maximum absolute atomic E-state index is 5.55. The SMILES string of the molecule is CCN1C(=S)N[C@@H](c2ccccn2)[C@H]1c1cccn1C(C)C. The molecule has 3 rings (SSSR count). The molecule has 0 aromatic carbocycles. The summed E-state index contributed by atoms with van der Waals surface area (Å²) < 4.78 is 2.32. The standard InChI is InChI=1S/C17H22N4S/c1-4-20-16(14-9-7-11-21(14)12(2)3)15(19-17(20)22)13-8-5-6-10-18-13/h5-12,15-16H,4H2,1-3H3,(H,19,22)/t15-,16+/m0/s1. The van der Waals surface area contributed by atoms with Crippen LogP contribution in [0.4, 0.5) is 0 Å². The molecule has 0 amide bonds. The predicted octanol–water partition coefficient (Wildman–Crippen LogP) is 3.46. The maximum Gasteiger partial charge on any atom is 0.170 e. The molecule has 2 aromatic rings. The Balaban J connectivity index is 2.06. The second-order valence-electron chi connectivity index (χ2n) is 5.85. The van der Waals surface area contributed by atoms with E-state index in [2.05, 4.69) is 64.9 Å². The van der Waals surface area contributed by atoms with Gasteiger partial charge in [-0.2, -0.15) is 0 Å². The first-order chi connectivity index (χ1) is 10.6. The van der Waals surface area contributed by atoms with Crippen molar-refractivity contribution in [3.05, 3.63) is 54.1 Å². The van der Waals surface area contributed by atoms with Crippen molar-refractivity contribution < 1.29 is 0 Å². The summed E-state index contributed by atoms with van der Waals surface area (Å²) in [6, 6.07) is 11.0. The normalized spacial score (nSPS) is 21.5. The average molecular weight is 314 g/mol. The van der Waals surface area contributed by atoms with Gasteiger partial charge in [0.25, 0.3) is 0 Å². The molecule has 0 saturated carbocycles. The number of rotatable bonds is 4. The highest BCUT2D eigenvalue weighted by Gasteiger charge is 2.40. The van der Waals surface area contributed by atoms with Crippen LogP contribution in [0.1, 0.15) is 50.3 Å². The number of likely N-dealkylation sites (N-methyl/N-ethyl adjacent to an activating group) is 1. The van der Waals surface area contributed by atoms with E-state index in [1.807, 2.05) is 18.3 Å². The number of pyridine rings is 1. The molecule has 4 nitrogen and oxygen atoms in total. The van der Waals surface area contributed by atoms with Gasteiger partial charge in [0.1, 0.15) is 0 Å². The molecule has 1 N–H and O–H groups in total. The Labute approximate surface area is 137 Å². The molecule has 2 aromatic heterocycles. The highest BCUT2D eigenvalue weighted by Crippen LogP contribution is 2.39. The Morgan fingerprint density at radius 3 is 2.73 bits per heavy atom. The molecule has 116 valence electrons. The van der Waals surface area contributed by atoms with Gasteiger partial charge in [-0.25, -0.2) is 0 Å². The van der Waals surface area contributed by atoms with E-state index in [1.54, 1.807) is 0 Å². The van der Waals surface area contributed by atoms with E-state index in [-0.39, 0.29) is 12.1 Å². The second kappa shape index (κ2) is 6.08. The van der Waals surface area contributed by atoms with E-state index in [0.29, 0.717) is 6.04 Å². The number of thiocarbonyl (C=S) groups is 1. The molecule has 0 spiro atoms. The maximum atomic E-state index is 5.55. The van der Waals surface area contributed by atoms with E-state index < -0.39 is 0 Å². The van der Waals surface area contributed by atoms with E-state index in [1.165, 1.54) is 5.69 Å². The van der Waals surface area contributed by atoms with Crippen LogP contribution in [0.15, 0.2) is 42.7 Å². The molecule has 1 aliphatic rings. The first-order valence-corrected chi connectivity index (χ1v) is 8.19. The second-order valence-corrected chi connectivity index (χ2v) is 6.23. The molecule has 1 fully saturated rings. The number of hydrogen-bond acceptors (Lipinski definition) is 2. The summed E-state index contributed by atoms with van der Waals surface area (Å²) in [6.45, 7) is 7.43. The summed E-state index contributed by atoms with van der Waals surface area (Å²) in [4.78, 5) is 6.79. The first kappa shape index (κ1) is 15.0. The quantitative estimate of drug-likeness (QED) is 0.876. The van der Waals surface area contributed by atoms with Crippen molar-refractivity contribution in [1.82, 2.24) is 19.8 Å². The van der Waals surface area contributed by atoms with Crippen LogP contribution in [0.5, 0.6) is 0 Å². The van der Waals surface area contributed by atoms with E-state index in [4.69, 9.17) is 12.2 Å². The summed E-state index contributed by atoms with van der Waals surface area (Å²) >= 11 is 5.55. The Bertz CT molecular complexity index is 650. The van der Waals surface area contributed by atoms with E-state index >= 15 is 0 Å². The Morgan fingerprint density at radius 1 is 1.27 bits per heavy atom. The van der Waals surface area contributed by atoms with Crippen molar-refractivity contribution in [2.75, 3.05) is 6.54 Å². The van der Waals surface area contributed by atoms with Gasteiger partial charge in [-0.15, -0.1) is 0 Å². The average Bonchev–Trinajstić information content (AvgIpc) is 3.11. The zero-order valence-electron chi connectivity index (χ0n) is 13.2. The van der Waals surface area contributed by atoms with Crippen LogP contribution in [0, 0.1) is 0 Å². The monoisotopic (exact) mass is 314 g/mol. The van der Waals surface area contributed by atoms with Gasteiger partial charge in [0, 0.05) is 30.7 Å². The fraction of sp³-hybridized carbons (Fsp3) is 0.412. The van der Waals surface area contributed by atoms with Crippen LogP contribution in [-0.4, -0.2) is 26.1 Å². The fourth-order valence-electron chi connectivity index (χ4n) is 3.20. The van der Waals surface area contributed by atoms with Gasteiger partial charge in [-0.1, -0.05) is 6.07 Å². The Morgan fingerprint density at radius 2 is 2.09 bits per heavy atom. The van der Waals surface area contributed by atoms with Crippen LogP contribution in [0.3, 0.4) is 0 Å². The zero-order valence-corrected chi connectivity index (χ0v) is 14.0. The number of hydrogen-bond donors (Lipinski definition) is 1. The lowest BCUT2D eigenvalue weighted by Gasteiger charge is -2.28. The molecule has 0 bridgehead atoms. The summed E-state index contributed by atoms with van der Waals surface area (Å²) in [5, 5.41) is 4.26. The van der Waals surface area contributed by atoms with Crippen molar-refractivity contribution in [2.24, 2.45) is 0 Å². The van der Waals surface area contributed by atoms with Crippen molar-refractivity contribution in [2.45, 2.75) is 38.9 Å². The number of aromatic nitrogens is 2. The highest BCUT2D eigenvalue weighted by molar-refractivity contribution is 7.80. The minimum atomic E-state index is 0.0843. The first-order valence-electron chi connectivity index (χ1n) is 7.78. The van der Waals surface area contributed by atoms with Crippen LogP contribution < -0.4 is 5.32 Å². The molecule has 2 atom stereocenters. The minimum Gasteiger partial charge on any atom is -0.352 e. The molecule has 5 heteroatoms. The number of nitrogens with one attached hydrogen (secondary N) is 1. The largest absolute Gasteiger partial charge is 0.352 e. The fourth-order valence-corrected chi connectivity index (χ4v) is 3.57. The molecular weight excluding hydrogens is 292 g/mol. The third-order valence-corrected chi connectivity index (χ3v) is 4.56. The molecule has 0 radical (unpaired) electrons. The van der Waals surface area contributed by atoms with Crippen LogP contribution >= 0.6 is 12.2 Å². The predicted molar refractivity (Wildman–Crippen MR) is 92.6 cm³/mol. The van der Waals surface area contributed by atoms with Crippen molar-refractivity contribution in [1.29, 1.82) is 0 Å². The zero-order chi connectivity index (χ0) is 15.7. The van der Waals surface area contributed by atoms with Gasteiger partial charge >= 0.3 is 0 Å². The van der Waals surface area contributed by atoms with Crippen molar-refractivity contribution >= 4 is 17.3 Å².